The Balaban J connectivity index is 1.87. The summed E-state index contributed by atoms with van der Waals surface area (Å²) in [4.78, 5) is 23.1. The number of oxime groups is 1. The molecule has 4 rings (SSSR count). The number of fused-ring (bicyclic) bond motifs is 2. The SMILES string of the molecule is O=C(O)CON=C1C(c2c(O)[nH]c3ccccc23)=Nc2ccccc21. The van der Waals surface area contributed by atoms with Crippen LogP contribution in [0.1, 0.15) is 11.1 Å². The Hall–Kier alpha value is -3.61. The Morgan fingerprint density at radius 3 is 2.76 bits per heavy atom. The van der Waals surface area contributed by atoms with Gasteiger partial charge in [-0.15, -0.1) is 0 Å². The lowest BCUT2D eigenvalue weighted by Gasteiger charge is -2.04. The molecule has 7 nitrogen and oxygen atoms in total. The molecule has 0 bridgehead atoms. The smallest absolute Gasteiger partial charge is 0.344 e. The van der Waals surface area contributed by atoms with Crippen LogP contribution in [0.5, 0.6) is 5.88 Å². The van der Waals surface area contributed by atoms with Crippen LogP contribution in [0.15, 0.2) is 58.7 Å². The molecule has 0 amide bonds. The summed E-state index contributed by atoms with van der Waals surface area (Å²) in [6.45, 7) is -0.557. The van der Waals surface area contributed by atoms with Crippen molar-refractivity contribution >= 4 is 34.0 Å². The molecule has 0 saturated carbocycles. The summed E-state index contributed by atoms with van der Waals surface area (Å²) in [5.74, 6) is -1.15. The van der Waals surface area contributed by atoms with Crippen molar-refractivity contribution in [1.82, 2.24) is 4.98 Å². The Morgan fingerprint density at radius 2 is 1.92 bits per heavy atom. The molecule has 0 atom stereocenters. The number of carbonyl (C=O) groups is 1. The highest BCUT2D eigenvalue weighted by Gasteiger charge is 2.29. The van der Waals surface area contributed by atoms with Gasteiger partial charge in [0.25, 0.3) is 0 Å². The Kier molecular flexibility index (Phi) is 3.46. The number of hydrogen-bond acceptors (Lipinski definition) is 5. The topological polar surface area (TPSA) is 107 Å². The third-order valence-corrected chi connectivity index (χ3v) is 3.88. The van der Waals surface area contributed by atoms with Crippen LogP contribution in [0.4, 0.5) is 5.69 Å². The van der Waals surface area contributed by atoms with E-state index in [0.29, 0.717) is 28.2 Å². The minimum Gasteiger partial charge on any atom is -0.494 e. The van der Waals surface area contributed by atoms with Crippen LogP contribution in [0.2, 0.25) is 0 Å². The van der Waals surface area contributed by atoms with Crippen LogP contribution >= 0.6 is 0 Å². The van der Waals surface area contributed by atoms with Gasteiger partial charge >= 0.3 is 5.97 Å². The molecule has 7 heteroatoms. The van der Waals surface area contributed by atoms with Crippen molar-refractivity contribution in [2.24, 2.45) is 10.1 Å². The lowest BCUT2D eigenvalue weighted by Crippen LogP contribution is -2.14. The zero-order chi connectivity index (χ0) is 17.4. The first kappa shape index (κ1) is 14.9. The fraction of sp³-hybridized carbons (Fsp3) is 0.0556. The van der Waals surface area contributed by atoms with E-state index in [9.17, 15) is 9.90 Å². The van der Waals surface area contributed by atoms with Gasteiger partial charge in [-0.25, -0.2) is 9.79 Å². The highest BCUT2D eigenvalue weighted by molar-refractivity contribution is 6.58. The van der Waals surface area contributed by atoms with Gasteiger partial charge in [0.15, 0.2) is 5.88 Å². The highest BCUT2D eigenvalue weighted by atomic mass is 16.6. The third kappa shape index (κ3) is 2.51. The summed E-state index contributed by atoms with van der Waals surface area (Å²) in [5, 5.41) is 23.9. The molecule has 0 saturated heterocycles. The van der Waals surface area contributed by atoms with Gasteiger partial charge in [-0.05, 0) is 12.1 Å². The average Bonchev–Trinajstić information content (AvgIpc) is 3.11. The first-order valence-corrected chi connectivity index (χ1v) is 7.55. The molecule has 3 aromatic rings. The first-order valence-electron chi connectivity index (χ1n) is 7.55. The van der Waals surface area contributed by atoms with Crippen molar-refractivity contribution in [3.63, 3.8) is 0 Å². The molecule has 124 valence electrons. The summed E-state index contributed by atoms with van der Waals surface area (Å²) >= 11 is 0. The van der Waals surface area contributed by atoms with E-state index in [1.54, 1.807) is 0 Å². The van der Waals surface area contributed by atoms with Gasteiger partial charge in [-0.2, -0.15) is 0 Å². The molecule has 25 heavy (non-hydrogen) atoms. The molecule has 0 spiro atoms. The standard InChI is InChI=1S/C18H13N3O4/c22-14(23)9-25-21-16-11-6-2-4-8-13(11)19-17(16)15-10-5-1-3-7-12(10)20-18(15)24/h1-8,20,24H,9H2,(H,22,23). The minimum absolute atomic E-state index is 0.0290. The number of nitrogens with one attached hydrogen (secondary N) is 1. The molecule has 2 aromatic carbocycles. The molecular formula is C18H13N3O4. The summed E-state index contributed by atoms with van der Waals surface area (Å²) < 4.78 is 0. The van der Waals surface area contributed by atoms with Crippen molar-refractivity contribution in [3.05, 3.63) is 59.7 Å². The number of aliphatic carboxylic acids is 1. The summed E-state index contributed by atoms with van der Waals surface area (Å²) in [6, 6.07) is 14.7. The molecule has 1 aliphatic rings. The molecule has 0 radical (unpaired) electrons. The number of para-hydroxylation sites is 2. The number of benzene rings is 2. The number of hydrogen-bond donors (Lipinski definition) is 3. The number of H-pyrrole nitrogens is 1. The van der Waals surface area contributed by atoms with Gasteiger partial charge in [-0.3, -0.25) is 0 Å². The van der Waals surface area contributed by atoms with Gasteiger partial charge in [0.1, 0.15) is 11.4 Å². The zero-order valence-electron chi connectivity index (χ0n) is 12.9. The molecule has 0 fully saturated rings. The monoisotopic (exact) mass is 335 g/mol. The van der Waals surface area contributed by atoms with Crippen LogP contribution in [0.3, 0.4) is 0 Å². The Bertz CT molecular complexity index is 1050. The quantitative estimate of drug-likeness (QED) is 0.637. The van der Waals surface area contributed by atoms with Gasteiger partial charge in [-0.1, -0.05) is 41.6 Å². The van der Waals surface area contributed by atoms with E-state index in [0.717, 1.165) is 10.9 Å². The predicted molar refractivity (Wildman–Crippen MR) is 92.7 cm³/mol. The minimum atomic E-state index is -1.12. The average molecular weight is 335 g/mol. The van der Waals surface area contributed by atoms with Crippen LogP contribution < -0.4 is 0 Å². The molecule has 2 heterocycles. The van der Waals surface area contributed by atoms with E-state index in [-0.39, 0.29) is 5.88 Å². The summed E-state index contributed by atoms with van der Waals surface area (Å²) in [6.07, 6.45) is 0. The Morgan fingerprint density at radius 1 is 1.16 bits per heavy atom. The second-order valence-corrected chi connectivity index (χ2v) is 5.48. The van der Waals surface area contributed by atoms with Crippen molar-refractivity contribution < 1.29 is 19.8 Å². The van der Waals surface area contributed by atoms with E-state index in [4.69, 9.17) is 9.94 Å². The second-order valence-electron chi connectivity index (χ2n) is 5.48. The number of nitrogens with zero attached hydrogens (tertiary/aromatic N) is 2. The summed E-state index contributed by atoms with van der Waals surface area (Å²) in [7, 11) is 0. The number of carboxylic acid groups (broad SMARTS) is 1. The van der Waals surface area contributed by atoms with Crippen molar-refractivity contribution in [2.45, 2.75) is 0 Å². The number of aromatic nitrogens is 1. The van der Waals surface area contributed by atoms with Gasteiger partial charge in [0.2, 0.25) is 6.61 Å². The third-order valence-electron chi connectivity index (χ3n) is 3.88. The molecule has 3 N–H and O–H groups in total. The van der Waals surface area contributed by atoms with E-state index in [1.165, 1.54) is 0 Å². The van der Waals surface area contributed by atoms with Gasteiger partial charge in [0.05, 0.1) is 11.3 Å². The highest BCUT2D eigenvalue weighted by Crippen LogP contribution is 2.35. The summed E-state index contributed by atoms with van der Waals surface area (Å²) in [5.41, 5.74) is 3.48. The number of rotatable bonds is 4. The van der Waals surface area contributed by atoms with Crippen molar-refractivity contribution in [3.8, 4) is 5.88 Å². The predicted octanol–water partition coefficient (Wildman–Crippen LogP) is 2.81. The van der Waals surface area contributed by atoms with E-state index in [2.05, 4.69) is 15.1 Å². The van der Waals surface area contributed by atoms with Gasteiger partial charge < -0.3 is 20.0 Å². The van der Waals surface area contributed by atoms with Crippen molar-refractivity contribution in [1.29, 1.82) is 0 Å². The van der Waals surface area contributed by atoms with E-state index in [1.807, 2.05) is 48.5 Å². The van der Waals surface area contributed by atoms with Crippen LogP contribution in [0, 0.1) is 0 Å². The number of carboxylic acids is 1. The lowest BCUT2D eigenvalue weighted by atomic mass is 10.0. The molecule has 0 aliphatic carbocycles. The van der Waals surface area contributed by atoms with Crippen molar-refractivity contribution in [2.75, 3.05) is 6.61 Å². The van der Waals surface area contributed by atoms with Gasteiger partial charge in [0, 0.05) is 16.5 Å². The fourth-order valence-corrected chi connectivity index (χ4v) is 2.86. The first-order chi connectivity index (χ1) is 12.1. The largest absolute Gasteiger partial charge is 0.494 e. The maximum Gasteiger partial charge on any atom is 0.344 e. The normalized spacial score (nSPS) is 14.6. The maximum absolute atomic E-state index is 10.7. The van der Waals surface area contributed by atoms with E-state index < -0.39 is 12.6 Å². The second kappa shape index (κ2) is 5.79. The maximum atomic E-state index is 10.7. The van der Waals surface area contributed by atoms with Crippen LogP contribution in [-0.4, -0.2) is 39.2 Å². The Labute approximate surface area is 141 Å². The molecule has 1 aliphatic heterocycles. The lowest BCUT2D eigenvalue weighted by molar-refractivity contribution is -0.142. The zero-order valence-corrected chi connectivity index (χ0v) is 12.9. The van der Waals surface area contributed by atoms with Crippen LogP contribution in [-0.2, 0) is 9.63 Å². The molecule has 0 unspecified atom stereocenters. The number of aromatic amines is 1. The molecular weight excluding hydrogens is 322 g/mol. The fourth-order valence-electron chi connectivity index (χ4n) is 2.86. The number of aromatic hydroxyl groups is 1. The van der Waals surface area contributed by atoms with E-state index >= 15 is 0 Å². The molecule has 1 aromatic heterocycles. The van der Waals surface area contributed by atoms with Crippen LogP contribution in [0.25, 0.3) is 10.9 Å². The number of aliphatic imine (C=N–C) groups is 1.